The monoisotopic (exact) mass is 260 g/mol. The first-order chi connectivity index (χ1) is 6.46. The highest BCUT2D eigenvalue weighted by atomic mass is 79.9. The van der Waals surface area contributed by atoms with Gasteiger partial charge < -0.3 is 5.11 Å². The van der Waals surface area contributed by atoms with Gasteiger partial charge in [-0.15, -0.1) is 0 Å². The molecule has 0 saturated carbocycles. The fourth-order valence-corrected chi connectivity index (χ4v) is 1.66. The molecule has 1 aromatic carbocycles. The molecule has 0 saturated heterocycles. The van der Waals surface area contributed by atoms with E-state index in [-0.39, 0.29) is 17.8 Å². The van der Waals surface area contributed by atoms with Crippen LogP contribution in [0, 0.1) is 11.2 Å². The lowest BCUT2D eigenvalue weighted by molar-refractivity contribution is 0.159. The maximum atomic E-state index is 13.1. The lowest BCUT2D eigenvalue weighted by Crippen LogP contribution is -2.20. The van der Waals surface area contributed by atoms with Crippen LogP contribution >= 0.6 is 15.9 Å². The summed E-state index contributed by atoms with van der Waals surface area (Å²) < 4.78 is 13.7. The van der Waals surface area contributed by atoms with E-state index in [1.54, 1.807) is 6.07 Å². The van der Waals surface area contributed by atoms with Gasteiger partial charge in [0.05, 0.1) is 4.47 Å². The molecule has 0 heterocycles. The van der Waals surface area contributed by atoms with Gasteiger partial charge in [-0.05, 0) is 39.4 Å². The van der Waals surface area contributed by atoms with Gasteiger partial charge in [-0.25, -0.2) is 4.39 Å². The maximum absolute atomic E-state index is 13.1. The van der Waals surface area contributed by atoms with Crippen molar-refractivity contribution < 1.29 is 9.50 Å². The van der Waals surface area contributed by atoms with Crippen molar-refractivity contribution in [1.82, 2.24) is 0 Å². The number of benzene rings is 1. The van der Waals surface area contributed by atoms with Crippen molar-refractivity contribution in [2.75, 3.05) is 6.61 Å². The molecular weight excluding hydrogens is 247 g/mol. The number of rotatable bonds is 3. The summed E-state index contributed by atoms with van der Waals surface area (Å²) in [7, 11) is 0. The molecule has 1 rings (SSSR count). The summed E-state index contributed by atoms with van der Waals surface area (Å²) in [6.07, 6.45) is 0.655. The zero-order chi connectivity index (χ0) is 10.8. The smallest absolute Gasteiger partial charge is 0.137 e. The minimum absolute atomic E-state index is 0.0932. The van der Waals surface area contributed by atoms with Crippen molar-refractivity contribution >= 4 is 15.9 Å². The third-order valence-corrected chi connectivity index (χ3v) is 3.02. The minimum Gasteiger partial charge on any atom is -0.396 e. The van der Waals surface area contributed by atoms with E-state index < -0.39 is 0 Å². The summed E-state index contributed by atoms with van der Waals surface area (Å²) in [5, 5.41) is 9.11. The Balaban J connectivity index is 2.92. The molecule has 0 spiro atoms. The Kier molecular flexibility index (Phi) is 3.67. The van der Waals surface area contributed by atoms with Gasteiger partial charge in [-0.3, -0.25) is 0 Å². The summed E-state index contributed by atoms with van der Waals surface area (Å²) in [4.78, 5) is 0. The van der Waals surface area contributed by atoms with Crippen LogP contribution in [0.2, 0.25) is 0 Å². The van der Waals surface area contributed by atoms with Crippen molar-refractivity contribution in [1.29, 1.82) is 0 Å². The third kappa shape index (κ3) is 2.79. The maximum Gasteiger partial charge on any atom is 0.137 e. The lowest BCUT2D eigenvalue weighted by Gasteiger charge is -2.22. The summed E-state index contributed by atoms with van der Waals surface area (Å²) in [6, 6.07) is 4.97. The Morgan fingerprint density at radius 3 is 2.64 bits per heavy atom. The quantitative estimate of drug-likeness (QED) is 0.886. The van der Waals surface area contributed by atoms with Crippen molar-refractivity contribution in [2.24, 2.45) is 5.41 Å². The van der Waals surface area contributed by atoms with Crippen LogP contribution in [0.25, 0.3) is 0 Å². The van der Waals surface area contributed by atoms with E-state index in [4.69, 9.17) is 5.11 Å². The Bertz CT molecular complexity index is 323. The van der Waals surface area contributed by atoms with E-state index in [1.807, 2.05) is 19.9 Å². The van der Waals surface area contributed by atoms with Crippen LogP contribution in [0.3, 0.4) is 0 Å². The van der Waals surface area contributed by atoms with Gasteiger partial charge in [0.2, 0.25) is 0 Å². The van der Waals surface area contributed by atoms with Crippen LogP contribution in [0.5, 0.6) is 0 Å². The van der Waals surface area contributed by atoms with E-state index in [0.29, 0.717) is 10.9 Å². The predicted molar refractivity (Wildman–Crippen MR) is 58.7 cm³/mol. The zero-order valence-electron chi connectivity index (χ0n) is 8.35. The van der Waals surface area contributed by atoms with Gasteiger partial charge in [0, 0.05) is 6.61 Å². The molecule has 0 amide bonds. The van der Waals surface area contributed by atoms with Gasteiger partial charge in [0.1, 0.15) is 5.82 Å². The Morgan fingerprint density at radius 1 is 1.43 bits per heavy atom. The highest BCUT2D eigenvalue weighted by Crippen LogP contribution is 2.27. The molecule has 0 aliphatic carbocycles. The largest absolute Gasteiger partial charge is 0.396 e. The summed E-state index contributed by atoms with van der Waals surface area (Å²) in [5.41, 5.74) is 0.681. The van der Waals surface area contributed by atoms with Crippen LogP contribution < -0.4 is 0 Å². The predicted octanol–water partition coefficient (Wildman–Crippen LogP) is 3.15. The van der Waals surface area contributed by atoms with E-state index in [1.165, 1.54) is 6.07 Å². The van der Waals surface area contributed by atoms with Crippen molar-refractivity contribution in [3.05, 3.63) is 34.1 Å². The zero-order valence-corrected chi connectivity index (χ0v) is 9.94. The fourth-order valence-electron chi connectivity index (χ4n) is 1.26. The molecule has 78 valence electrons. The standard InChI is InChI=1S/C11H14BrFO/c1-11(2,7-14)6-8-4-3-5-9(13)10(8)12/h3-5,14H,6-7H2,1-2H3. The first kappa shape index (κ1) is 11.7. The fraction of sp³-hybridized carbons (Fsp3) is 0.455. The van der Waals surface area contributed by atoms with E-state index in [0.717, 1.165) is 5.56 Å². The summed E-state index contributed by atoms with van der Waals surface area (Å²) in [5.74, 6) is -0.253. The second-order valence-electron chi connectivity index (χ2n) is 4.21. The number of aliphatic hydroxyl groups excluding tert-OH is 1. The average Bonchev–Trinajstić information content (AvgIpc) is 2.13. The summed E-state index contributed by atoms with van der Waals surface area (Å²) >= 11 is 3.21. The molecule has 1 aromatic rings. The second-order valence-corrected chi connectivity index (χ2v) is 5.01. The van der Waals surface area contributed by atoms with Crippen LogP contribution in [0.1, 0.15) is 19.4 Å². The molecule has 0 aromatic heterocycles. The Labute approximate surface area is 92.1 Å². The normalized spacial score (nSPS) is 11.8. The van der Waals surface area contributed by atoms with Crippen molar-refractivity contribution in [3.8, 4) is 0 Å². The van der Waals surface area contributed by atoms with Crippen molar-refractivity contribution in [2.45, 2.75) is 20.3 Å². The number of aliphatic hydroxyl groups is 1. The minimum atomic E-state index is -0.253. The third-order valence-electron chi connectivity index (χ3n) is 2.13. The first-order valence-electron chi connectivity index (χ1n) is 4.50. The molecule has 0 unspecified atom stereocenters. The molecular formula is C11H14BrFO. The lowest BCUT2D eigenvalue weighted by atomic mass is 9.87. The van der Waals surface area contributed by atoms with Crippen LogP contribution in [0.15, 0.2) is 22.7 Å². The van der Waals surface area contributed by atoms with Crippen LogP contribution in [-0.2, 0) is 6.42 Å². The van der Waals surface area contributed by atoms with E-state index >= 15 is 0 Å². The van der Waals surface area contributed by atoms with Crippen molar-refractivity contribution in [3.63, 3.8) is 0 Å². The molecule has 1 nitrogen and oxygen atoms in total. The molecule has 14 heavy (non-hydrogen) atoms. The first-order valence-corrected chi connectivity index (χ1v) is 5.29. The Hall–Kier alpha value is -0.410. The van der Waals surface area contributed by atoms with Gasteiger partial charge in [0.15, 0.2) is 0 Å². The molecule has 0 bridgehead atoms. The van der Waals surface area contributed by atoms with Gasteiger partial charge in [0.25, 0.3) is 0 Å². The van der Waals surface area contributed by atoms with E-state index in [9.17, 15) is 4.39 Å². The van der Waals surface area contributed by atoms with E-state index in [2.05, 4.69) is 15.9 Å². The molecule has 0 atom stereocenters. The van der Waals surface area contributed by atoms with Gasteiger partial charge >= 0.3 is 0 Å². The highest BCUT2D eigenvalue weighted by molar-refractivity contribution is 9.10. The SMILES string of the molecule is CC(C)(CO)Cc1cccc(F)c1Br. The number of hydrogen-bond acceptors (Lipinski definition) is 1. The summed E-state index contributed by atoms with van der Waals surface area (Å²) in [6.45, 7) is 3.99. The molecule has 3 heteroatoms. The van der Waals surface area contributed by atoms with Crippen LogP contribution in [0.4, 0.5) is 4.39 Å². The highest BCUT2D eigenvalue weighted by Gasteiger charge is 2.19. The van der Waals surface area contributed by atoms with Crippen LogP contribution in [-0.4, -0.2) is 11.7 Å². The molecule has 0 radical (unpaired) electrons. The Morgan fingerprint density at radius 2 is 2.07 bits per heavy atom. The molecule has 0 fully saturated rings. The van der Waals surface area contributed by atoms with Gasteiger partial charge in [-0.1, -0.05) is 26.0 Å². The topological polar surface area (TPSA) is 20.2 Å². The molecule has 1 N–H and O–H groups in total. The molecule has 0 aliphatic heterocycles. The van der Waals surface area contributed by atoms with Gasteiger partial charge in [-0.2, -0.15) is 0 Å². The number of halogens is 2. The average molecular weight is 261 g/mol. The number of hydrogen-bond donors (Lipinski definition) is 1. The second kappa shape index (κ2) is 4.41. The molecule has 0 aliphatic rings.